The van der Waals surface area contributed by atoms with E-state index >= 15 is 0 Å². The Morgan fingerprint density at radius 1 is 0.914 bits per heavy atom. The van der Waals surface area contributed by atoms with Crippen LogP contribution in [0.25, 0.3) is 17.0 Å². The number of carbonyl (C=O) groups is 1. The van der Waals surface area contributed by atoms with Crippen molar-refractivity contribution in [1.29, 1.82) is 0 Å². The Morgan fingerprint density at radius 2 is 1.60 bits per heavy atom. The number of rotatable bonds is 6. The average Bonchev–Trinajstić information content (AvgIpc) is 3.39. The lowest BCUT2D eigenvalue weighted by Crippen LogP contribution is -2.46. The molecule has 8 nitrogen and oxygen atoms in total. The molecular formula is C27H24N4O4. The van der Waals surface area contributed by atoms with E-state index in [1.807, 2.05) is 67.6 Å². The molecule has 0 bridgehead atoms. The van der Waals surface area contributed by atoms with Crippen LogP contribution in [0.3, 0.4) is 0 Å². The average molecular weight is 469 g/mol. The minimum absolute atomic E-state index is 0.282. The van der Waals surface area contributed by atoms with Crippen molar-refractivity contribution >= 4 is 17.3 Å². The molecule has 35 heavy (non-hydrogen) atoms. The molecule has 8 heteroatoms. The summed E-state index contributed by atoms with van der Waals surface area (Å²) in [6.45, 7) is 1.87. The summed E-state index contributed by atoms with van der Waals surface area (Å²) in [4.78, 5) is 19.6. The number of amides is 2. The summed E-state index contributed by atoms with van der Waals surface area (Å²) in [6.07, 6.45) is 0. The Balaban J connectivity index is 1.65. The Bertz CT molecular complexity index is 1380. The Kier molecular flexibility index (Phi) is 5.93. The highest BCUT2D eigenvalue weighted by Gasteiger charge is 2.36. The summed E-state index contributed by atoms with van der Waals surface area (Å²) in [5, 5.41) is 7.31. The summed E-state index contributed by atoms with van der Waals surface area (Å²) >= 11 is 0. The molecule has 0 saturated carbocycles. The molecule has 1 aliphatic rings. The smallest absolute Gasteiger partial charge is 0.327 e. The first-order valence-electron chi connectivity index (χ1n) is 11.1. The van der Waals surface area contributed by atoms with Crippen LogP contribution >= 0.6 is 0 Å². The van der Waals surface area contributed by atoms with Crippen LogP contribution in [0, 0.1) is 0 Å². The number of methoxy groups -OCH3 is 2. The molecule has 2 heterocycles. The number of carbonyl (C=O) groups excluding carboxylic acids is 1. The molecule has 0 saturated heterocycles. The van der Waals surface area contributed by atoms with Crippen LogP contribution in [0.2, 0.25) is 0 Å². The number of allylic oxidation sites excluding steroid dienone is 1. The maximum absolute atomic E-state index is 13.4. The highest BCUT2D eigenvalue weighted by molar-refractivity contribution is 6.01. The van der Waals surface area contributed by atoms with E-state index < -0.39 is 6.04 Å². The van der Waals surface area contributed by atoms with Gasteiger partial charge < -0.3 is 19.3 Å². The van der Waals surface area contributed by atoms with E-state index in [2.05, 4.69) is 15.5 Å². The molecule has 0 spiro atoms. The lowest BCUT2D eigenvalue weighted by molar-refractivity contribution is 0.244. The molecule has 1 atom stereocenters. The first-order chi connectivity index (χ1) is 17.1. The monoisotopic (exact) mass is 468 g/mol. The van der Waals surface area contributed by atoms with Gasteiger partial charge in [-0.25, -0.2) is 4.79 Å². The van der Waals surface area contributed by atoms with Crippen molar-refractivity contribution < 1.29 is 18.8 Å². The van der Waals surface area contributed by atoms with Gasteiger partial charge in [-0.15, -0.1) is 0 Å². The zero-order chi connectivity index (χ0) is 24.4. The molecule has 4 aromatic rings. The molecule has 0 aliphatic carbocycles. The van der Waals surface area contributed by atoms with Gasteiger partial charge in [-0.3, -0.25) is 4.90 Å². The standard InChI is InChI=1S/C27H24N4O4/c1-17-23(26-29-25(30-35-26)19-12-8-5-9-13-19)24(18-10-6-4-7-11-18)28-27(32)31(17)20-14-15-21(33-2)22(16-20)34-3/h4-16,24H,1-3H3,(H,28,32). The first-order valence-corrected chi connectivity index (χ1v) is 11.1. The van der Waals surface area contributed by atoms with E-state index in [0.717, 1.165) is 11.1 Å². The van der Waals surface area contributed by atoms with E-state index in [1.165, 1.54) is 0 Å². The number of aromatic nitrogens is 2. The number of nitrogens with zero attached hydrogens (tertiary/aromatic N) is 3. The van der Waals surface area contributed by atoms with E-state index in [4.69, 9.17) is 14.0 Å². The topological polar surface area (TPSA) is 89.7 Å². The fourth-order valence-electron chi connectivity index (χ4n) is 4.23. The summed E-state index contributed by atoms with van der Waals surface area (Å²) in [5.74, 6) is 1.89. The van der Waals surface area contributed by atoms with Crippen LogP contribution in [-0.4, -0.2) is 30.4 Å². The predicted octanol–water partition coefficient (Wildman–Crippen LogP) is 5.46. The van der Waals surface area contributed by atoms with Crippen LogP contribution in [0.15, 0.2) is 89.1 Å². The van der Waals surface area contributed by atoms with E-state index in [-0.39, 0.29) is 6.03 Å². The maximum Gasteiger partial charge on any atom is 0.327 e. The van der Waals surface area contributed by atoms with E-state index in [1.54, 1.807) is 37.3 Å². The van der Waals surface area contributed by atoms with Crippen molar-refractivity contribution in [3.8, 4) is 22.9 Å². The van der Waals surface area contributed by atoms with Gasteiger partial charge in [-0.2, -0.15) is 4.98 Å². The quantitative estimate of drug-likeness (QED) is 0.404. The van der Waals surface area contributed by atoms with Crippen LogP contribution in [0.4, 0.5) is 10.5 Å². The SMILES string of the molecule is COc1ccc(N2C(=O)NC(c3ccccc3)C(c3nc(-c4ccccc4)no3)=C2C)cc1OC. The van der Waals surface area contributed by atoms with Gasteiger partial charge in [0.15, 0.2) is 11.5 Å². The number of hydrogen-bond donors (Lipinski definition) is 1. The second-order valence-electron chi connectivity index (χ2n) is 7.96. The van der Waals surface area contributed by atoms with Crippen molar-refractivity contribution in [3.63, 3.8) is 0 Å². The fraction of sp³-hybridized carbons (Fsp3) is 0.148. The summed E-state index contributed by atoms with van der Waals surface area (Å²) in [7, 11) is 3.12. The van der Waals surface area contributed by atoms with Crippen molar-refractivity contribution in [2.75, 3.05) is 19.1 Å². The number of benzene rings is 3. The van der Waals surface area contributed by atoms with Gasteiger partial charge in [0.05, 0.1) is 31.5 Å². The van der Waals surface area contributed by atoms with Gasteiger partial charge in [-0.05, 0) is 24.6 Å². The molecule has 176 valence electrons. The van der Waals surface area contributed by atoms with Crippen molar-refractivity contribution in [1.82, 2.24) is 15.5 Å². The van der Waals surface area contributed by atoms with Crippen molar-refractivity contribution in [3.05, 3.63) is 96.0 Å². The zero-order valence-electron chi connectivity index (χ0n) is 19.6. The van der Waals surface area contributed by atoms with Gasteiger partial charge in [0.25, 0.3) is 5.89 Å². The molecule has 1 unspecified atom stereocenters. The maximum atomic E-state index is 13.4. The minimum Gasteiger partial charge on any atom is -0.493 e. The molecule has 3 aromatic carbocycles. The third-order valence-electron chi connectivity index (χ3n) is 5.93. The Labute approximate surface area is 202 Å². The van der Waals surface area contributed by atoms with Gasteiger partial charge in [0, 0.05) is 17.3 Å². The van der Waals surface area contributed by atoms with E-state index in [9.17, 15) is 4.79 Å². The normalized spacial score (nSPS) is 15.7. The fourth-order valence-corrected chi connectivity index (χ4v) is 4.23. The van der Waals surface area contributed by atoms with E-state index in [0.29, 0.717) is 40.2 Å². The molecule has 1 aliphatic heterocycles. The van der Waals surface area contributed by atoms with Crippen LogP contribution < -0.4 is 19.7 Å². The number of nitrogens with one attached hydrogen (secondary N) is 1. The van der Waals surface area contributed by atoms with Gasteiger partial charge in [0.1, 0.15) is 0 Å². The Morgan fingerprint density at radius 3 is 2.29 bits per heavy atom. The molecule has 1 N–H and O–H groups in total. The Hall–Kier alpha value is -4.59. The lowest BCUT2D eigenvalue weighted by Gasteiger charge is -2.35. The van der Waals surface area contributed by atoms with Crippen LogP contribution in [-0.2, 0) is 0 Å². The second-order valence-corrected chi connectivity index (χ2v) is 7.96. The minimum atomic E-state index is -0.468. The summed E-state index contributed by atoms with van der Waals surface area (Å²) in [6, 6.07) is 23.9. The largest absolute Gasteiger partial charge is 0.493 e. The number of urea groups is 1. The number of ether oxygens (including phenoxy) is 2. The highest BCUT2D eigenvalue weighted by atomic mass is 16.5. The third kappa shape index (κ3) is 4.10. The summed E-state index contributed by atoms with van der Waals surface area (Å²) in [5.41, 5.74) is 3.73. The number of anilines is 1. The highest BCUT2D eigenvalue weighted by Crippen LogP contribution is 2.40. The van der Waals surface area contributed by atoms with Gasteiger partial charge in [-0.1, -0.05) is 65.8 Å². The van der Waals surface area contributed by atoms with Gasteiger partial charge >= 0.3 is 6.03 Å². The lowest BCUT2D eigenvalue weighted by atomic mass is 9.94. The zero-order valence-corrected chi connectivity index (χ0v) is 19.6. The van der Waals surface area contributed by atoms with Crippen LogP contribution in [0.1, 0.15) is 24.4 Å². The molecule has 2 amide bonds. The first kappa shape index (κ1) is 22.2. The second kappa shape index (κ2) is 9.34. The van der Waals surface area contributed by atoms with Crippen LogP contribution in [0.5, 0.6) is 11.5 Å². The number of hydrogen-bond acceptors (Lipinski definition) is 6. The van der Waals surface area contributed by atoms with Crippen molar-refractivity contribution in [2.24, 2.45) is 0 Å². The molecule has 1 aromatic heterocycles. The molecule has 0 fully saturated rings. The molecular weight excluding hydrogens is 444 g/mol. The van der Waals surface area contributed by atoms with Crippen molar-refractivity contribution in [2.45, 2.75) is 13.0 Å². The third-order valence-corrected chi connectivity index (χ3v) is 5.93. The summed E-state index contributed by atoms with van der Waals surface area (Å²) < 4.78 is 16.5. The predicted molar refractivity (Wildman–Crippen MR) is 132 cm³/mol. The molecule has 5 rings (SSSR count). The van der Waals surface area contributed by atoms with Gasteiger partial charge in [0.2, 0.25) is 5.82 Å². The molecule has 0 radical (unpaired) electrons.